The number of amides is 1. The molecule has 1 saturated heterocycles. The van der Waals surface area contributed by atoms with Gasteiger partial charge in [0.05, 0.1) is 15.8 Å². The van der Waals surface area contributed by atoms with E-state index in [4.69, 9.17) is 11.6 Å². The number of benzene rings is 2. The Morgan fingerprint density at radius 1 is 1.07 bits per heavy atom. The standard InChI is InChI=1S/C19H20ClN3O3S2/c1-13-19(24)21-17-12-16(6-7-18(17)27-13)28(25,26)23-10-8-22(9-11-23)15-4-2-14(20)3-5-15/h2-7,12-13H,8-11H2,1H3,(H,21,24)/t13-/m0/s1. The zero-order valence-corrected chi connectivity index (χ0v) is 17.6. The third-order valence-corrected chi connectivity index (χ3v) is 8.27. The first kappa shape index (κ1) is 19.6. The second-order valence-corrected chi connectivity index (χ2v) is 10.5. The van der Waals surface area contributed by atoms with Gasteiger partial charge in [0.25, 0.3) is 0 Å². The lowest BCUT2D eigenvalue weighted by atomic mass is 10.2. The van der Waals surface area contributed by atoms with Gasteiger partial charge in [-0.3, -0.25) is 4.79 Å². The summed E-state index contributed by atoms with van der Waals surface area (Å²) in [5, 5.41) is 3.29. The van der Waals surface area contributed by atoms with E-state index in [1.54, 1.807) is 18.2 Å². The number of nitrogens with zero attached hydrogens (tertiary/aromatic N) is 2. The van der Waals surface area contributed by atoms with Crippen molar-refractivity contribution in [3.05, 3.63) is 47.5 Å². The van der Waals surface area contributed by atoms with Crippen LogP contribution in [0.4, 0.5) is 11.4 Å². The number of halogens is 1. The van der Waals surface area contributed by atoms with E-state index in [0.29, 0.717) is 36.9 Å². The second kappa shape index (κ2) is 7.59. The number of carbonyl (C=O) groups excluding carboxylic acids is 1. The molecule has 148 valence electrons. The van der Waals surface area contributed by atoms with Crippen LogP contribution in [0.25, 0.3) is 0 Å². The fourth-order valence-electron chi connectivity index (χ4n) is 3.34. The smallest absolute Gasteiger partial charge is 0.243 e. The molecule has 2 aromatic carbocycles. The van der Waals surface area contributed by atoms with Crippen molar-refractivity contribution in [2.45, 2.75) is 22.0 Å². The number of piperazine rings is 1. The number of nitrogens with one attached hydrogen (secondary N) is 1. The molecule has 1 atom stereocenters. The lowest BCUT2D eigenvalue weighted by molar-refractivity contribution is -0.115. The van der Waals surface area contributed by atoms with Crippen LogP contribution in [0.3, 0.4) is 0 Å². The van der Waals surface area contributed by atoms with E-state index in [1.165, 1.54) is 16.1 Å². The van der Waals surface area contributed by atoms with Crippen LogP contribution in [0.1, 0.15) is 6.92 Å². The number of hydrogen-bond acceptors (Lipinski definition) is 5. The van der Waals surface area contributed by atoms with Gasteiger partial charge in [-0.25, -0.2) is 8.42 Å². The highest BCUT2D eigenvalue weighted by Gasteiger charge is 2.30. The molecule has 0 radical (unpaired) electrons. The molecule has 28 heavy (non-hydrogen) atoms. The van der Waals surface area contributed by atoms with Crippen LogP contribution < -0.4 is 10.2 Å². The van der Waals surface area contributed by atoms with Crippen LogP contribution >= 0.6 is 23.4 Å². The predicted octanol–water partition coefficient (Wildman–Crippen LogP) is 3.28. The molecule has 1 N–H and O–H groups in total. The van der Waals surface area contributed by atoms with Gasteiger partial charge in [-0.05, 0) is 49.4 Å². The number of fused-ring (bicyclic) bond motifs is 1. The summed E-state index contributed by atoms with van der Waals surface area (Å²) in [7, 11) is -3.61. The maximum atomic E-state index is 13.1. The van der Waals surface area contributed by atoms with Crippen molar-refractivity contribution in [2.24, 2.45) is 0 Å². The first-order valence-corrected chi connectivity index (χ1v) is 11.7. The Balaban J connectivity index is 1.50. The van der Waals surface area contributed by atoms with Crippen molar-refractivity contribution in [3.63, 3.8) is 0 Å². The number of hydrogen-bond donors (Lipinski definition) is 1. The van der Waals surface area contributed by atoms with E-state index in [9.17, 15) is 13.2 Å². The van der Waals surface area contributed by atoms with E-state index in [1.807, 2.05) is 31.2 Å². The average molecular weight is 438 g/mol. The molecule has 2 aromatic rings. The minimum Gasteiger partial charge on any atom is -0.369 e. The zero-order valence-electron chi connectivity index (χ0n) is 15.3. The Morgan fingerprint density at radius 3 is 2.43 bits per heavy atom. The Labute approximate surface area is 173 Å². The van der Waals surface area contributed by atoms with Gasteiger partial charge in [0.2, 0.25) is 15.9 Å². The monoisotopic (exact) mass is 437 g/mol. The Bertz CT molecular complexity index is 1000. The highest BCUT2D eigenvalue weighted by atomic mass is 35.5. The molecule has 2 heterocycles. The topological polar surface area (TPSA) is 69.7 Å². The molecule has 4 rings (SSSR count). The number of carbonyl (C=O) groups is 1. The van der Waals surface area contributed by atoms with Crippen molar-refractivity contribution in [1.82, 2.24) is 4.31 Å². The molecule has 0 unspecified atom stereocenters. The molecule has 1 amide bonds. The van der Waals surface area contributed by atoms with Gasteiger partial charge in [0, 0.05) is 41.8 Å². The van der Waals surface area contributed by atoms with Gasteiger partial charge < -0.3 is 10.2 Å². The molecule has 0 aliphatic carbocycles. The van der Waals surface area contributed by atoms with Crippen LogP contribution in [0.15, 0.2) is 52.3 Å². The third-order valence-electron chi connectivity index (χ3n) is 4.95. The van der Waals surface area contributed by atoms with Crippen LogP contribution in [-0.4, -0.2) is 50.1 Å². The van der Waals surface area contributed by atoms with Gasteiger partial charge in [-0.1, -0.05) is 11.6 Å². The molecule has 2 aliphatic rings. The van der Waals surface area contributed by atoms with Gasteiger partial charge in [0.15, 0.2) is 0 Å². The summed E-state index contributed by atoms with van der Waals surface area (Å²) < 4.78 is 27.7. The molecule has 0 aromatic heterocycles. The van der Waals surface area contributed by atoms with Gasteiger partial charge >= 0.3 is 0 Å². The molecule has 0 bridgehead atoms. The van der Waals surface area contributed by atoms with E-state index in [0.717, 1.165) is 10.6 Å². The van der Waals surface area contributed by atoms with Crippen LogP contribution in [0.5, 0.6) is 0 Å². The zero-order chi connectivity index (χ0) is 19.9. The lowest BCUT2D eigenvalue weighted by Gasteiger charge is -2.35. The molecule has 2 aliphatic heterocycles. The Morgan fingerprint density at radius 2 is 1.75 bits per heavy atom. The lowest BCUT2D eigenvalue weighted by Crippen LogP contribution is -2.48. The fraction of sp³-hybridized carbons (Fsp3) is 0.316. The molecular formula is C19H20ClN3O3S2. The highest BCUT2D eigenvalue weighted by molar-refractivity contribution is 8.01. The van der Waals surface area contributed by atoms with Crippen LogP contribution in [0, 0.1) is 0 Å². The fourth-order valence-corrected chi connectivity index (χ4v) is 5.84. The van der Waals surface area contributed by atoms with E-state index >= 15 is 0 Å². The van der Waals surface area contributed by atoms with Crippen LogP contribution in [-0.2, 0) is 14.8 Å². The van der Waals surface area contributed by atoms with Gasteiger partial charge in [-0.15, -0.1) is 11.8 Å². The van der Waals surface area contributed by atoms with E-state index < -0.39 is 10.0 Å². The average Bonchev–Trinajstić information content (AvgIpc) is 2.69. The maximum Gasteiger partial charge on any atom is 0.243 e. The Hall–Kier alpha value is -1.74. The Kier molecular flexibility index (Phi) is 5.30. The number of rotatable bonds is 3. The van der Waals surface area contributed by atoms with Gasteiger partial charge in [-0.2, -0.15) is 4.31 Å². The number of sulfonamides is 1. The third kappa shape index (κ3) is 3.74. The van der Waals surface area contributed by atoms with Crippen molar-refractivity contribution >= 4 is 50.7 Å². The number of thioether (sulfide) groups is 1. The maximum absolute atomic E-state index is 13.1. The highest BCUT2D eigenvalue weighted by Crippen LogP contribution is 2.37. The first-order valence-electron chi connectivity index (χ1n) is 8.97. The van der Waals surface area contributed by atoms with Crippen molar-refractivity contribution in [2.75, 3.05) is 36.4 Å². The quantitative estimate of drug-likeness (QED) is 0.797. The summed E-state index contributed by atoms with van der Waals surface area (Å²) in [6.45, 7) is 3.85. The van der Waals surface area contributed by atoms with E-state index in [2.05, 4.69) is 10.2 Å². The normalized spacial score (nSPS) is 20.6. The summed E-state index contributed by atoms with van der Waals surface area (Å²) >= 11 is 7.37. The largest absolute Gasteiger partial charge is 0.369 e. The molecule has 9 heteroatoms. The minimum absolute atomic E-state index is 0.108. The SMILES string of the molecule is C[C@@H]1Sc2ccc(S(=O)(=O)N3CCN(c4ccc(Cl)cc4)CC3)cc2NC1=O. The summed E-state index contributed by atoms with van der Waals surface area (Å²) in [4.78, 5) is 15.1. The first-order chi connectivity index (χ1) is 13.3. The second-order valence-electron chi connectivity index (χ2n) is 6.77. The van der Waals surface area contributed by atoms with E-state index in [-0.39, 0.29) is 16.1 Å². The molecule has 0 saturated carbocycles. The molecule has 0 spiro atoms. The minimum atomic E-state index is -3.61. The molecule has 1 fully saturated rings. The summed E-state index contributed by atoms with van der Waals surface area (Å²) in [5.41, 5.74) is 1.60. The van der Waals surface area contributed by atoms with Crippen molar-refractivity contribution in [1.29, 1.82) is 0 Å². The summed E-state index contributed by atoms with van der Waals surface area (Å²) in [6.07, 6.45) is 0. The predicted molar refractivity (Wildman–Crippen MR) is 113 cm³/mol. The van der Waals surface area contributed by atoms with Crippen molar-refractivity contribution < 1.29 is 13.2 Å². The van der Waals surface area contributed by atoms with Gasteiger partial charge in [0.1, 0.15) is 0 Å². The van der Waals surface area contributed by atoms with Crippen LogP contribution in [0.2, 0.25) is 5.02 Å². The molecular weight excluding hydrogens is 418 g/mol. The summed E-state index contributed by atoms with van der Waals surface area (Å²) in [5.74, 6) is -0.108. The van der Waals surface area contributed by atoms with Crippen molar-refractivity contribution in [3.8, 4) is 0 Å². The summed E-state index contributed by atoms with van der Waals surface area (Å²) in [6, 6.07) is 12.5. The number of anilines is 2. The molecule has 6 nitrogen and oxygen atoms in total.